The third-order valence-corrected chi connectivity index (χ3v) is 6.31. The van der Waals surface area contributed by atoms with Gasteiger partial charge in [0.2, 0.25) is 0 Å². The van der Waals surface area contributed by atoms with Crippen LogP contribution >= 0.6 is 15.9 Å². The molecule has 0 saturated heterocycles. The van der Waals surface area contributed by atoms with E-state index in [1.54, 1.807) is 42.3 Å². The molecule has 0 bridgehead atoms. The molecule has 9 heteroatoms. The fourth-order valence-electron chi connectivity index (χ4n) is 4.11. The first-order valence-corrected chi connectivity index (χ1v) is 12.3. The number of hydrogen-bond acceptors (Lipinski definition) is 4. The van der Waals surface area contributed by atoms with Crippen molar-refractivity contribution >= 4 is 38.6 Å². The van der Waals surface area contributed by atoms with Crippen molar-refractivity contribution < 1.29 is 13.9 Å². The molecule has 36 heavy (non-hydrogen) atoms. The van der Waals surface area contributed by atoms with Crippen molar-refractivity contribution in [1.29, 1.82) is 0 Å². The third-order valence-electron chi connectivity index (χ3n) is 5.82. The maximum Gasteiger partial charge on any atom is 0.322 e. The van der Waals surface area contributed by atoms with E-state index < -0.39 is 11.9 Å². The molecule has 3 aromatic carbocycles. The summed E-state index contributed by atoms with van der Waals surface area (Å²) < 4.78 is 21.3. The summed E-state index contributed by atoms with van der Waals surface area (Å²) >= 11 is 3.42. The number of aromatic nitrogens is 2. The van der Waals surface area contributed by atoms with Crippen molar-refractivity contribution in [2.24, 2.45) is 0 Å². The molecule has 1 unspecified atom stereocenters. The second-order valence-corrected chi connectivity index (χ2v) is 9.07. The quantitative estimate of drug-likeness (QED) is 0.294. The van der Waals surface area contributed by atoms with E-state index in [2.05, 4.69) is 21.2 Å². The van der Waals surface area contributed by atoms with Crippen LogP contribution < -0.4 is 10.9 Å². The zero-order valence-corrected chi connectivity index (χ0v) is 21.5. The minimum atomic E-state index is -0.574. The summed E-state index contributed by atoms with van der Waals surface area (Å²) in [5, 5.41) is 3.36. The van der Waals surface area contributed by atoms with Gasteiger partial charge in [-0.1, -0.05) is 41.1 Å². The summed E-state index contributed by atoms with van der Waals surface area (Å²) in [4.78, 5) is 33.6. The normalized spacial score (nSPS) is 11.9. The minimum Gasteiger partial charge on any atom is -0.383 e. The summed E-state index contributed by atoms with van der Waals surface area (Å²) in [7, 11) is 1.56. The Hall–Kier alpha value is -3.56. The number of nitrogens with one attached hydrogen (secondary N) is 1. The van der Waals surface area contributed by atoms with Crippen LogP contribution in [0.15, 0.2) is 82.1 Å². The Morgan fingerprint density at radius 3 is 2.58 bits per heavy atom. The van der Waals surface area contributed by atoms with E-state index in [1.165, 1.54) is 28.8 Å². The fourth-order valence-corrected chi connectivity index (χ4v) is 4.50. The van der Waals surface area contributed by atoms with Crippen LogP contribution in [0.1, 0.15) is 25.2 Å². The SMILES string of the molecule is CCC(c1nc2ccccc2c(=O)n1-c1ccc(F)cc1)N(CCOC)C(=O)Nc1cccc(Br)c1. The molecule has 0 saturated carbocycles. The zero-order chi connectivity index (χ0) is 25.7. The number of hydrogen-bond donors (Lipinski definition) is 1. The number of nitrogens with zero attached hydrogens (tertiary/aromatic N) is 3. The van der Waals surface area contributed by atoms with Gasteiger partial charge >= 0.3 is 6.03 Å². The highest BCUT2D eigenvalue weighted by Gasteiger charge is 2.29. The van der Waals surface area contributed by atoms with Crippen molar-refractivity contribution in [3.63, 3.8) is 0 Å². The molecular formula is C27H26BrFN4O3. The Kier molecular flexibility index (Phi) is 8.12. The summed E-state index contributed by atoms with van der Waals surface area (Å²) in [6.07, 6.45) is 0.474. The summed E-state index contributed by atoms with van der Waals surface area (Å²) in [5.74, 6) is -0.0300. The van der Waals surface area contributed by atoms with Crippen LogP contribution in [0.3, 0.4) is 0 Å². The Morgan fingerprint density at radius 2 is 1.89 bits per heavy atom. The Morgan fingerprint density at radius 1 is 1.14 bits per heavy atom. The van der Waals surface area contributed by atoms with Gasteiger partial charge in [-0.05, 0) is 61.0 Å². The van der Waals surface area contributed by atoms with E-state index in [-0.39, 0.29) is 24.7 Å². The van der Waals surface area contributed by atoms with Gasteiger partial charge in [0.1, 0.15) is 11.6 Å². The fraction of sp³-hybridized carbons (Fsp3) is 0.222. The molecule has 1 atom stereocenters. The van der Waals surface area contributed by atoms with Crippen LogP contribution in [0, 0.1) is 5.82 Å². The molecule has 0 aliphatic heterocycles. The Bertz CT molecular complexity index is 1420. The van der Waals surface area contributed by atoms with Crippen LogP contribution in [0.4, 0.5) is 14.9 Å². The molecule has 2 amide bonds. The number of anilines is 1. The Balaban J connectivity index is 1.86. The molecule has 1 aromatic heterocycles. The van der Waals surface area contributed by atoms with Gasteiger partial charge in [0.15, 0.2) is 0 Å². The minimum absolute atomic E-state index is 0.265. The Labute approximate surface area is 216 Å². The molecule has 0 fully saturated rings. The van der Waals surface area contributed by atoms with Gasteiger partial charge in [-0.25, -0.2) is 14.2 Å². The molecule has 0 aliphatic carbocycles. The largest absolute Gasteiger partial charge is 0.383 e. The molecule has 7 nitrogen and oxygen atoms in total. The summed E-state index contributed by atoms with van der Waals surface area (Å²) in [5.41, 5.74) is 1.31. The third kappa shape index (κ3) is 5.47. The number of carbonyl (C=O) groups is 1. The molecular weight excluding hydrogens is 527 g/mol. The van der Waals surface area contributed by atoms with Crippen LogP contribution in [-0.2, 0) is 4.74 Å². The van der Waals surface area contributed by atoms with Crippen molar-refractivity contribution in [2.75, 3.05) is 25.6 Å². The van der Waals surface area contributed by atoms with Gasteiger partial charge in [-0.3, -0.25) is 9.36 Å². The lowest BCUT2D eigenvalue weighted by atomic mass is 10.1. The number of urea groups is 1. The number of rotatable bonds is 8. The molecule has 0 spiro atoms. The van der Waals surface area contributed by atoms with Crippen LogP contribution in [-0.4, -0.2) is 40.7 Å². The maximum atomic E-state index is 13.7. The van der Waals surface area contributed by atoms with Crippen molar-refractivity contribution in [3.8, 4) is 5.69 Å². The van der Waals surface area contributed by atoms with E-state index >= 15 is 0 Å². The van der Waals surface area contributed by atoms with E-state index in [0.29, 0.717) is 34.5 Å². The van der Waals surface area contributed by atoms with Crippen LogP contribution in [0.2, 0.25) is 0 Å². The van der Waals surface area contributed by atoms with E-state index in [9.17, 15) is 14.0 Å². The molecule has 0 aliphatic rings. The van der Waals surface area contributed by atoms with E-state index in [1.807, 2.05) is 25.1 Å². The lowest BCUT2D eigenvalue weighted by molar-refractivity contribution is 0.131. The topological polar surface area (TPSA) is 76.5 Å². The predicted molar refractivity (Wildman–Crippen MR) is 142 cm³/mol. The number of carbonyl (C=O) groups excluding carboxylic acids is 1. The summed E-state index contributed by atoms with van der Waals surface area (Å²) in [6.45, 7) is 2.48. The summed E-state index contributed by atoms with van der Waals surface area (Å²) in [6, 6.07) is 19.1. The molecule has 1 heterocycles. The van der Waals surface area contributed by atoms with Gasteiger partial charge in [0, 0.05) is 23.8 Å². The zero-order valence-electron chi connectivity index (χ0n) is 19.9. The number of ether oxygens (including phenoxy) is 1. The second kappa shape index (κ2) is 11.5. The highest BCUT2D eigenvalue weighted by atomic mass is 79.9. The van der Waals surface area contributed by atoms with E-state index in [4.69, 9.17) is 9.72 Å². The van der Waals surface area contributed by atoms with Gasteiger partial charge in [-0.2, -0.15) is 0 Å². The number of para-hydroxylation sites is 1. The average molecular weight is 553 g/mol. The first-order chi connectivity index (χ1) is 17.4. The van der Waals surface area contributed by atoms with Crippen LogP contribution in [0.25, 0.3) is 16.6 Å². The lowest BCUT2D eigenvalue weighted by Gasteiger charge is -2.32. The highest BCUT2D eigenvalue weighted by molar-refractivity contribution is 9.10. The average Bonchev–Trinajstić information content (AvgIpc) is 2.87. The second-order valence-electron chi connectivity index (χ2n) is 8.15. The molecule has 4 aromatic rings. The number of halogens is 2. The van der Waals surface area contributed by atoms with Gasteiger partial charge in [0.05, 0.1) is 29.2 Å². The molecule has 4 rings (SSSR count). The first kappa shape index (κ1) is 25.5. The number of methoxy groups -OCH3 is 1. The molecule has 1 N–H and O–H groups in total. The number of fused-ring (bicyclic) bond motifs is 1. The smallest absolute Gasteiger partial charge is 0.322 e. The van der Waals surface area contributed by atoms with Crippen molar-refractivity contribution in [3.05, 3.63) is 99.3 Å². The van der Waals surface area contributed by atoms with Gasteiger partial charge < -0.3 is 15.0 Å². The predicted octanol–water partition coefficient (Wildman–Crippen LogP) is 5.92. The maximum absolute atomic E-state index is 13.7. The lowest BCUT2D eigenvalue weighted by Crippen LogP contribution is -2.42. The van der Waals surface area contributed by atoms with Crippen molar-refractivity contribution in [1.82, 2.24) is 14.5 Å². The number of benzene rings is 3. The number of amides is 2. The molecule has 186 valence electrons. The standard InChI is InChI=1S/C27H26BrFN4O3/c1-3-24(32(15-16-36-2)27(35)30-20-8-6-7-18(28)17-20)25-31-23-10-5-4-9-22(23)26(34)33(25)21-13-11-19(29)12-14-21/h4-14,17,24H,3,15-16H2,1-2H3,(H,30,35). The van der Waals surface area contributed by atoms with Gasteiger partial charge in [0.25, 0.3) is 5.56 Å². The van der Waals surface area contributed by atoms with E-state index in [0.717, 1.165) is 4.47 Å². The monoisotopic (exact) mass is 552 g/mol. The molecule has 0 radical (unpaired) electrons. The highest BCUT2D eigenvalue weighted by Crippen LogP contribution is 2.27. The van der Waals surface area contributed by atoms with Gasteiger partial charge in [-0.15, -0.1) is 0 Å². The van der Waals surface area contributed by atoms with Crippen LogP contribution in [0.5, 0.6) is 0 Å². The van der Waals surface area contributed by atoms with Crippen molar-refractivity contribution in [2.45, 2.75) is 19.4 Å². The first-order valence-electron chi connectivity index (χ1n) is 11.5.